The molecule has 1 aromatic rings. The summed E-state index contributed by atoms with van der Waals surface area (Å²) in [4.78, 5) is 11.5. The highest BCUT2D eigenvalue weighted by Gasteiger charge is 2.26. The molecule has 1 heterocycles. The van der Waals surface area contributed by atoms with Gasteiger partial charge in [0.05, 0.1) is 18.0 Å². The fourth-order valence-electron chi connectivity index (χ4n) is 1.76. The first kappa shape index (κ1) is 11.6. The number of halogens is 1. The second-order valence-electron chi connectivity index (χ2n) is 4.17. The topological polar surface area (TPSA) is 67.2 Å². The maximum Gasteiger partial charge on any atom is 0.282 e. The maximum absolute atomic E-state index is 11.5. The Bertz CT molecular complexity index is 440. The molecular formula is C10H14BrN3O2. The lowest BCUT2D eigenvalue weighted by Gasteiger charge is -2.31. The molecule has 6 heteroatoms. The number of aromatic nitrogens is 2. The van der Waals surface area contributed by atoms with Gasteiger partial charge in [0.1, 0.15) is 4.47 Å². The van der Waals surface area contributed by atoms with Crippen LogP contribution in [0.1, 0.15) is 12.8 Å². The summed E-state index contributed by atoms with van der Waals surface area (Å²) < 4.78 is 1.78. The van der Waals surface area contributed by atoms with E-state index in [0.29, 0.717) is 16.1 Å². The van der Waals surface area contributed by atoms with E-state index in [4.69, 9.17) is 5.11 Å². The Morgan fingerprint density at radius 3 is 3.00 bits per heavy atom. The normalized spacial score (nSPS) is 23.9. The van der Waals surface area contributed by atoms with Crippen LogP contribution in [-0.4, -0.2) is 27.5 Å². The van der Waals surface area contributed by atoms with Crippen LogP contribution in [0.3, 0.4) is 0 Å². The van der Waals surface area contributed by atoms with Crippen LogP contribution >= 0.6 is 15.9 Å². The van der Waals surface area contributed by atoms with Crippen molar-refractivity contribution < 1.29 is 5.11 Å². The lowest BCUT2D eigenvalue weighted by atomic mass is 9.82. The molecule has 88 valence electrons. The number of aryl methyl sites for hydroxylation is 1. The minimum atomic E-state index is -0.154. The van der Waals surface area contributed by atoms with Gasteiger partial charge in [-0.25, -0.2) is 4.68 Å². The highest BCUT2D eigenvalue weighted by molar-refractivity contribution is 9.10. The molecule has 0 unspecified atom stereocenters. The van der Waals surface area contributed by atoms with Gasteiger partial charge in [-0.3, -0.25) is 4.79 Å². The molecule has 0 bridgehead atoms. The van der Waals surface area contributed by atoms with Gasteiger partial charge in [-0.1, -0.05) is 0 Å². The van der Waals surface area contributed by atoms with Crippen LogP contribution in [0.25, 0.3) is 0 Å². The lowest BCUT2D eigenvalue weighted by Crippen LogP contribution is -2.33. The number of aliphatic hydroxyl groups is 1. The van der Waals surface area contributed by atoms with Crippen LogP contribution in [0.15, 0.2) is 15.5 Å². The predicted molar refractivity (Wildman–Crippen MR) is 64.4 cm³/mol. The fourth-order valence-corrected chi connectivity index (χ4v) is 2.25. The minimum Gasteiger partial charge on any atom is -0.393 e. The van der Waals surface area contributed by atoms with Crippen molar-refractivity contribution >= 4 is 21.6 Å². The van der Waals surface area contributed by atoms with Crippen molar-refractivity contribution in [2.75, 3.05) is 11.9 Å². The molecule has 2 N–H and O–H groups in total. The Balaban J connectivity index is 1.99. The Morgan fingerprint density at radius 1 is 1.69 bits per heavy atom. The number of nitrogens with zero attached hydrogens (tertiary/aromatic N) is 2. The number of anilines is 1. The summed E-state index contributed by atoms with van der Waals surface area (Å²) in [6, 6.07) is 0. The molecule has 1 aliphatic carbocycles. The highest BCUT2D eigenvalue weighted by Crippen LogP contribution is 2.27. The molecular weight excluding hydrogens is 274 g/mol. The van der Waals surface area contributed by atoms with Crippen molar-refractivity contribution in [3.63, 3.8) is 0 Å². The van der Waals surface area contributed by atoms with Gasteiger partial charge in [-0.2, -0.15) is 5.10 Å². The summed E-state index contributed by atoms with van der Waals surface area (Å²) >= 11 is 3.25. The summed E-state index contributed by atoms with van der Waals surface area (Å²) in [7, 11) is 1.61. The SMILES string of the molecule is Cn1ncc(NCC2CC(O)C2)c(Br)c1=O. The third-order valence-electron chi connectivity index (χ3n) is 2.87. The quantitative estimate of drug-likeness (QED) is 0.860. The molecule has 2 rings (SSSR count). The van der Waals surface area contributed by atoms with Crippen LogP contribution in [0.2, 0.25) is 0 Å². The molecule has 1 fully saturated rings. The Hall–Kier alpha value is -0.880. The molecule has 1 aromatic heterocycles. The minimum absolute atomic E-state index is 0.142. The molecule has 1 aliphatic rings. The standard InChI is InChI=1S/C10H14BrN3O2/c1-14-10(16)9(11)8(5-13-14)12-4-6-2-7(15)3-6/h5-7,12,15H,2-4H2,1H3. The summed E-state index contributed by atoms with van der Waals surface area (Å²) in [6.07, 6.45) is 3.16. The maximum atomic E-state index is 11.5. The van der Waals surface area contributed by atoms with E-state index in [9.17, 15) is 4.79 Å². The lowest BCUT2D eigenvalue weighted by molar-refractivity contribution is 0.0487. The second kappa shape index (κ2) is 4.55. The van der Waals surface area contributed by atoms with Crippen LogP contribution in [0, 0.1) is 5.92 Å². The van der Waals surface area contributed by atoms with E-state index in [1.807, 2.05) is 0 Å². The average molecular weight is 288 g/mol. The monoisotopic (exact) mass is 287 g/mol. The van der Waals surface area contributed by atoms with Gasteiger partial charge in [0, 0.05) is 13.6 Å². The summed E-state index contributed by atoms with van der Waals surface area (Å²) in [5, 5.41) is 16.3. The van der Waals surface area contributed by atoms with Gasteiger partial charge in [-0.15, -0.1) is 0 Å². The van der Waals surface area contributed by atoms with Crippen LogP contribution in [0.4, 0.5) is 5.69 Å². The summed E-state index contributed by atoms with van der Waals surface area (Å²) in [6.45, 7) is 0.768. The van der Waals surface area contributed by atoms with Gasteiger partial charge in [0.25, 0.3) is 5.56 Å². The first-order valence-electron chi connectivity index (χ1n) is 5.21. The summed E-state index contributed by atoms with van der Waals surface area (Å²) in [5.74, 6) is 0.492. The van der Waals surface area contributed by atoms with E-state index in [1.165, 1.54) is 4.68 Å². The molecule has 16 heavy (non-hydrogen) atoms. The highest BCUT2D eigenvalue weighted by atomic mass is 79.9. The molecule has 0 saturated heterocycles. The van der Waals surface area contributed by atoms with Crippen molar-refractivity contribution in [2.45, 2.75) is 18.9 Å². The molecule has 0 amide bonds. The molecule has 5 nitrogen and oxygen atoms in total. The van der Waals surface area contributed by atoms with E-state index < -0.39 is 0 Å². The first-order valence-corrected chi connectivity index (χ1v) is 6.01. The Kier molecular flexibility index (Phi) is 3.30. The number of hydrogen-bond donors (Lipinski definition) is 2. The van der Waals surface area contributed by atoms with E-state index in [-0.39, 0.29) is 11.7 Å². The van der Waals surface area contributed by atoms with Gasteiger partial charge >= 0.3 is 0 Å². The third kappa shape index (κ3) is 2.27. The molecule has 0 aliphatic heterocycles. The summed E-state index contributed by atoms with van der Waals surface area (Å²) in [5.41, 5.74) is 0.558. The zero-order valence-corrected chi connectivity index (χ0v) is 10.6. The van der Waals surface area contributed by atoms with Crippen LogP contribution in [-0.2, 0) is 7.05 Å². The largest absolute Gasteiger partial charge is 0.393 e. The van der Waals surface area contributed by atoms with Crippen molar-refractivity contribution in [1.29, 1.82) is 0 Å². The van der Waals surface area contributed by atoms with Crippen molar-refractivity contribution in [1.82, 2.24) is 9.78 Å². The third-order valence-corrected chi connectivity index (χ3v) is 3.64. The van der Waals surface area contributed by atoms with Crippen molar-refractivity contribution in [3.8, 4) is 0 Å². The molecule has 0 atom stereocenters. The van der Waals surface area contributed by atoms with Crippen molar-refractivity contribution in [2.24, 2.45) is 13.0 Å². The zero-order chi connectivity index (χ0) is 11.7. The number of nitrogens with one attached hydrogen (secondary N) is 1. The Labute approximate surface area is 102 Å². The van der Waals surface area contributed by atoms with Gasteiger partial charge in [0.15, 0.2) is 0 Å². The van der Waals surface area contributed by atoms with E-state index in [2.05, 4.69) is 26.3 Å². The first-order chi connectivity index (χ1) is 7.58. The zero-order valence-electron chi connectivity index (χ0n) is 8.98. The smallest absolute Gasteiger partial charge is 0.282 e. The fraction of sp³-hybridized carbons (Fsp3) is 0.600. The average Bonchev–Trinajstić information content (AvgIpc) is 2.22. The molecule has 0 aromatic carbocycles. The van der Waals surface area contributed by atoms with Gasteiger partial charge in [0.2, 0.25) is 0 Å². The number of hydrogen-bond acceptors (Lipinski definition) is 4. The number of rotatable bonds is 3. The van der Waals surface area contributed by atoms with E-state index in [0.717, 1.165) is 19.4 Å². The second-order valence-corrected chi connectivity index (χ2v) is 4.97. The van der Waals surface area contributed by atoms with Crippen molar-refractivity contribution in [3.05, 3.63) is 21.0 Å². The number of aliphatic hydroxyl groups excluding tert-OH is 1. The van der Waals surface area contributed by atoms with E-state index in [1.54, 1.807) is 13.2 Å². The van der Waals surface area contributed by atoms with Crippen LogP contribution in [0.5, 0.6) is 0 Å². The van der Waals surface area contributed by atoms with Crippen LogP contribution < -0.4 is 10.9 Å². The molecule has 1 saturated carbocycles. The molecule has 0 spiro atoms. The molecule has 0 radical (unpaired) electrons. The predicted octanol–water partition coefficient (Wildman–Crippen LogP) is 0.726. The van der Waals surface area contributed by atoms with Gasteiger partial charge in [-0.05, 0) is 34.7 Å². The Morgan fingerprint density at radius 2 is 2.38 bits per heavy atom. The van der Waals surface area contributed by atoms with E-state index >= 15 is 0 Å². The van der Waals surface area contributed by atoms with Gasteiger partial charge < -0.3 is 10.4 Å².